The molecule has 1 aliphatic heterocycles. The first kappa shape index (κ1) is 21.4. The zero-order valence-corrected chi connectivity index (χ0v) is 18.5. The van der Waals surface area contributed by atoms with Crippen LogP contribution in [0.1, 0.15) is 24.4 Å². The van der Waals surface area contributed by atoms with E-state index in [0.29, 0.717) is 23.7 Å². The van der Waals surface area contributed by atoms with Crippen molar-refractivity contribution in [1.82, 2.24) is 0 Å². The van der Waals surface area contributed by atoms with E-state index in [1.54, 1.807) is 20.3 Å². The first-order valence-electron chi connectivity index (χ1n) is 9.09. The van der Waals surface area contributed by atoms with Gasteiger partial charge in [0, 0.05) is 24.6 Å². The number of ether oxygens (including phenoxy) is 2. The molecule has 158 valence electrons. The van der Waals surface area contributed by atoms with Crippen LogP contribution in [-0.2, 0) is 19.7 Å². The van der Waals surface area contributed by atoms with Gasteiger partial charge in [-0.05, 0) is 49.2 Å². The van der Waals surface area contributed by atoms with E-state index in [1.165, 1.54) is 12.1 Å². The molecule has 0 aromatic heterocycles. The Balaban J connectivity index is 2.16. The summed E-state index contributed by atoms with van der Waals surface area (Å²) < 4.78 is 59.7. The number of nitrogens with zero attached hydrogens (tertiary/aromatic N) is 1. The van der Waals surface area contributed by atoms with Crippen molar-refractivity contribution in [2.24, 2.45) is 0 Å². The number of hydrogen-bond acceptors (Lipinski definition) is 7. The molecular weight excluding hydrogens is 414 g/mol. The van der Waals surface area contributed by atoms with Gasteiger partial charge in [0.1, 0.15) is 11.5 Å². The Morgan fingerprint density at radius 2 is 1.66 bits per heavy atom. The molecule has 1 fully saturated rings. The number of anilines is 1. The molecule has 1 unspecified atom stereocenters. The fourth-order valence-corrected chi connectivity index (χ4v) is 5.37. The predicted molar refractivity (Wildman–Crippen MR) is 112 cm³/mol. The van der Waals surface area contributed by atoms with Gasteiger partial charge in [-0.25, -0.2) is 16.8 Å². The topological polar surface area (TPSA) is 90.0 Å². The minimum atomic E-state index is -3.65. The van der Waals surface area contributed by atoms with Crippen molar-refractivity contribution in [3.63, 3.8) is 0 Å². The number of hydrogen-bond donors (Lipinski definition) is 0. The summed E-state index contributed by atoms with van der Waals surface area (Å²) in [7, 11) is -4.00. The summed E-state index contributed by atoms with van der Waals surface area (Å²) in [4.78, 5) is 1.99. The van der Waals surface area contributed by atoms with E-state index in [1.807, 2.05) is 23.1 Å². The molecule has 0 radical (unpaired) electrons. The normalized spacial score (nSPS) is 17.4. The predicted octanol–water partition coefficient (Wildman–Crippen LogP) is 2.85. The van der Waals surface area contributed by atoms with Gasteiger partial charge in [0.25, 0.3) is 0 Å². The zero-order chi connectivity index (χ0) is 21.4. The molecule has 0 N–H and O–H groups in total. The second kappa shape index (κ2) is 7.87. The molecule has 0 aliphatic carbocycles. The Kier molecular flexibility index (Phi) is 5.82. The molecule has 9 heteroatoms. The van der Waals surface area contributed by atoms with Crippen molar-refractivity contribution in [3.05, 3.63) is 42.0 Å². The highest BCUT2D eigenvalue weighted by Crippen LogP contribution is 2.43. The first-order chi connectivity index (χ1) is 13.6. The van der Waals surface area contributed by atoms with Gasteiger partial charge in [0.15, 0.2) is 19.7 Å². The highest BCUT2D eigenvalue weighted by atomic mass is 32.2. The number of methoxy groups -OCH3 is 2. The molecule has 1 atom stereocenters. The van der Waals surface area contributed by atoms with Crippen LogP contribution in [0, 0.1) is 0 Å². The molecule has 1 saturated heterocycles. The van der Waals surface area contributed by atoms with Gasteiger partial charge in [-0.2, -0.15) is 0 Å². The maximum atomic E-state index is 12.5. The van der Waals surface area contributed by atoms with Gasteiger partial charge in [-0.3, -0.25) is 0 Å². The van der Waals surface area contributed by atoms with Crippen molar-refractivity contribution >= 4 is 25.4 Å². The summed E-state index contributed by atoms with van der Waals surface area (Å²) in [5.41, 5.74) is 1.39. The third-order valence-corrected chi connectivity index (χ3v) is 7.35. The van der Waals surface area contributed by atoms with Gasteiger partial charge in [0.05, 0.1) is 35.7 Å². The summed E-state index contributed by atoms with van der Waals surface area (Å²) in [6, 6.07) is 9.70. The Bertz CT molecular complexity index is 1130. The van der Waals surface area contributed by atoms with Crippen LogP contribution in [0.25, 0.3) is 0 Å². The molecule has 1 aliphatic rings. The van der Waals surface area contributed by atoms with Crippen LogP contribution < -0.4 is 14.4 Å². The standard InChI is InChI=1S/C20H25NO6S2/c1-26-14-7-10-19(27-2)16(12-14)17-6-5-11-21(17)18-9-8-15(28(3,22)23)13-20(18)29(4,24)25/h7-10,12-13,17H,5-6,11H2,1-4H3. The van der Waals surface area contributed by atoms with Crippen LogP contribution in [0.15, 0.2) is 46.2 Å². The van der Waals surface area contributed by atoms with Crippen LogP contribution in [-0.4, -0.2) is 50.1 Å². The lowest BCUT2D eigenvalue weighted by molar-refractivity contribution is 0.395. The van der Waals surface area contributed by atoms with Crippen molar-refractivity contribution < 1.29 is 26.3 Å². The minimum Gasteiger partial charge on any atom is -0.497 e. The molecule has 0 amide bonds. The second-order valence-corrected chi connectivity index (χ2v) is 11.1. The van der Waals surface area contributed by atoms with Crippen molar-refractivity contribution in [2.45, 2.75) is 28.7 Å². The van der Waals surface area contributed by atoms with E-state index < -0.39 is 19.7 Å². The molecule has 0 bridgehead atoms. The molecule has 3 rings (SSSR count). The molecule has 29 heavy (non-hydrogen) atoms. The van der Waals surface area contributed by atoms with Crippen LogP contribution in [0.3, 0.4) is 0 Å². The summed E-state index contributed by atoms with van der Waals surface area (Å²) in [6.07, 6.45) is 3.82. The van der Waals surface area contributed by atoms with E-state index in [0.717, 1.165) is 30.9 Å². The monoisotopic (exact) mass is 439 g/mol. The highest BCUT2D eigenvalue weighted by molar-refractivity contribution is 7.91. The molecule has 2 aromatic rings. The van der Waals surface area contributed by atoms with Crippen LogP contribution in [0.4, 0.5) is 5.69 Å². The van der Waals surface area contributed by atoms with Gasteiger partial charge in [0.2, 0.25) is 0 Å². The minimum absolute atomic E-state index is 0.00851. The largest absolute Gasteiger partial charge is 0.497 e. The summed E-state index contributed by atoms with van der Waals surface area (Å²) in [5.74, 6) is 1.37. The highest BCUT2D eigenvalue weighted by Gasteiger charge is 2.32. The Morgan fingerprint density at radius 3 is 2.24 bits per heavy atom. The number of benzene rings is 2. The van der Waals surface area contributed by atoms with Gasteiger partial charge >= 0.3 is 0 Å². The van der Waals surface area contributed by atoms with Crippen LogP contribution in [0.2, 0.25) is 0 Å². The van der Waals surface area contributed by atoms with E-state index in [4.69, 9.17) is 9.47 Å². The maximum absolute atomic E-state index is 12.5. The SMILES string of the molecule is COc1ccc(OC)c(C2CCCN2c2ccc(S(C)(=O)=O)cc2S(C)(=O)=O)c1. The van der Waals surface area contributed by atoms with Crippen molar-refractivity contribution in [1.29, 1.82) is 0 Å². The molecule has 2 aromatic carbocycles. The Hall–Kier alpha value is -2.26. The number of sulfone groups is 2. The summed E-state index contributed by atoms with van der Waals surface area (Å²) >= 11 is 0. The van der Waals surface area contributed by atoms with Gasteiger partial charge in [-0.15, -0.1) is 0 Å². The fourth-order valence-electron chi connectivity index (χ4n) is 3.74. The van der Waals surface area contributed by atoms with E-state index in [2.05, 4.69) is 0 Å². The second-order valence-electron chi connectivity index (χ2n) is 7.13. The van der Waals surface area contributed by atoms with Crippen LogP contribution >= 0.6 is 0 Å². The van der Waals surface area contributed by atoms with E-state index in [-0.39, 0.29) is 15.8 Å². The Morgan fingerprint density at radius 1 is 0.931 bits per heavy atom. The molecule has 7 nitrogen and oxygen atoms in total. The average molecular weight is 440 g/mol. The van der Waals surface area contributed by atoms with Crippen LogP contribution in [0.5, 0.6) is 11.5 Å². The van der Waals surface area contributed by atoms with Gasteiger partial charge < -0.3 is 14.4 Å². The Labute approximate surface area is 172 Å². The lowest BCUT2D eigenvalue weighted by Crippen LogP contribution is -2.25. The molecule has 0 saturated carbocycles. The quantitative estimate of drug-likeness (QED) is 0.684. The first-order valence-corrected chi connectivity index (χ1v) is 12.9. The smallest absolute Gasteiger partial charge is 0.177 e. The molecule has 1 heterocycles. The summed E-state index contributed by atoms with van der Waals surface area (Å²) in [5, 5.41) is 0. The zero-order valence-electron chi connectivity index (χ0n) is 16.9. The third-order valence-electron chi connectivity index (χ3n) is 5.12. The van der Waals surface area contributed by atoms with Crippen molar-refractivity contribution in [2.75, 3.05) is 38.2 Å². The number of rotatable bonds is 6. The van der Waals surface area contributed by atoms with E-state index >= 15 is 0 Å². The molecule has 0 spiro atoms. The van der Waals surface area contributed by atoms with E-state index in [9.17, 15) is 16.8 Å². The lowest BCUT2D eigenvalue weighted by atomic mass is 10.0. The average Bonchev–Trinajstić information content (AvgIpc) is 3.15. The maximum Gasteiger partial charge on any atom is 0.177 e. The molecular formula is C20H25NO6S2. The lowest BCUT2D eigenvalue weighted by Gasteiger charge is -2.30. The summed E-state index contributed by atoms with van der Waals surface area (Å²) in [6.45, 7) is 0.645. The van der Waals surface area contributed by atoms with Gasteiger partial charge in [-0.1, -0.05) is 0 Å². The van der Waals surface area contributed by atoms with Crippen molar-refractivity contribution in [3.8, 4) is 11.5 Å². The third kappa shape index (κ3) is 4.35. The fraction of sp³-hybridized carbons (Fsp3) is 0.400.